The number of thiophene rings is 1. The zero-order chi connectivity index (χ0) is 22.1. The van der Waals surface area contributed by atoms with Gasteiger partial charge in [-0.1, -0.05) is 18.3 Å². The van der Waals surface area contributed by atoms with Crippen LogP contribution in [0.5, 0.6) is 0 Å². The molecule has 0 unspecified atom stereocenters. The third-order valence-corrected chi connectivity index (χ3v) is 6.63. The molecule has 2 aromatic heterocycles. The van der Waals surface area contributed by atoms with Gasteiger partial charge in [0.15, 0.2) is 0 Å². The van der Waals surface area contributed by atoms with Gasteiger partial charge in [-0.15, -0.1) is 0 Å². The Labute approximate surface area is 183 Å². The number of hydrogen-bond donors (Lipinski definition) is 3. The minimum atomic E-state index is -0.405. The molecule has 162 valence electrons. The van der Waals surface area contributed by atoms with E-state index in [1.165, 1.54) is 18.3 Å². The quantitative estimate of drug-likeness (QED) is 0.564. The van der Waals surface area contributed by atoms with Crippen molar-refractivity contribution in [3.05, 3.63) is 46.0 Å². The number of benzene rings is 1. The minimum absolute atomic E-state index is 0.0233. The summed E-state index contributed by atoms with van der Waals surface area (Å²) in [5.41, 5.74) is 1.95. The van der Waals surface area contributed by atoms with Crippen molar-refractivity contribution in [2.45, 2.75) is 46.6 Å². The Hall–Kier alpha value is -3.20. The number of carbonyl (C=O) groups is 2. The van der Waals surface area contributed by atoms with Crippen molar-refractivity contribution < 1.29 is 9.59 Å². The van der Waals surface area contributed by atoms with Crippen LogP contribution in [0.4, 0.5) is 21.2 Å². The molecule has 4 rings (SSSR count). The summed E-state index contributed by atoms with van der Waals surface area (Å²) in [6.45, 7) is 6.17. The molecule has 9 heteroatoms. The summed E-state index contributed by atoms with van der Waals surface area (Å²) in [5.74, 6) is 1.25. The summed E-state index contributed by atoms with van der Waals surface area (Å²) in [6.07, 6.45) is 2.79. The molecule has 1 atom stereocenters. The van der Waals surface area contributed by atoms with Crippen molar-refractivity contribution in [3.63, 3.8) is 0 Å². The van der Waals surface area contributed by atoms with Gasteiger partial charge in [0, 0.05) is 31.3 Å². The molecule has 0 spiro atoms. The molecular weight excluding hydrogens is 414 g/mol. The summed E-state index contributed by atoms with van der Waals surface area (Å²) in [7, 11) is 0. The molecule has 0 radical (unpaired) electrons. The minimum Gasteiger partial charge on any atom is -0.326 e. The van der Waals surface area contributed by atoms with Gasteiger partial charge in [0.25, 0.3) is 5.56 Å². The lowest BCUT2D eigenvalue weighted by molar-refractivity contribution is -0.114. The Morgan fingerprint density at radius 2 is 1.77 bits per heavy atom. The Bertz CT molecular complexity index is 1210. The average Bonchev–Trinajstić information content (AvgIpc) is 2.88. The van der Waals surface area contributed by atoms with Crippen LogP contribution >= 0.6 is 11.3 Å². The molecule has 0 bridgehead atoms. The fraction of sp³-hybridized carbons (Fsp3) is 0.364. The predicted molar refractivity (Wildman–Crippen MR) is 124 cm³/mol. The van der Waals surface area contributed by atoms with Crippen LogP contribution in [0.3, 0.4) is 0 Å². The van der Waals surface area contributed by atoms with E-state index in [0.29, 0.717) is 39.1 Å². The molecule has 3 amide bonds. The van der Waals surface area contributed by atoms with E-state index in [0.717, 1.165) is 30.7 Å². The van der Waals surface area contributed by atoms with Crippen molar-refractivity contribution in [3.8, 4) is 0 Å². The van der Waals surface area contributed by atoms with Crippen LogP contribution < -0.4 is 21.5 Å². The molecule has 0 saturated carbocycles. The summed E-state index contributed by atoms with van der Waals surface area (Å²) in [5, 5.41) is 9.48. The highest BCUT2D eigenvalue weighted by Gasteiger charge is 2.21. The van der Waals surface area contributed by atoms with Crippen molar-refractivity contribution in [1.29, 1.82) is 0 Å². The lowest BCUT2D eigenvalue weighted by Crippen LogP contribution is -2.24. The fourth-order valence-electron chi connectivity index (χ4n) is 3.77. The second kappa shape index (κ2) is 8.50. The predicted octanol–water partition coefficient (Wildman–Crippen LogP) is 4.34. The molecular formula is C22H25N5O3S. The van der Waals surface area contributed by atoms with Crippen LogP contribution in [0.2, 0.25) is 0 Å². The molecule has 8 nitrogen and oxygen atoms in total. The molecule has 1 aliphatic heterocycles. The molecule has 0 fully saturated rings. The van der Waals surface area contributed by atoms with E-state index >= 15 is 0 Å². The van der Waals surface area contributed by atoms with E-state index < -0.39 is 6.03 Å². The van der Waals surface area contributed by atoms with Gasteiger partial charge in [-0.3, -0.25) is 19.5 Å². The van der Waals surface area contributed by atoms with Gasteiger partial charge in [0.1, 0.15) is 15.7 Å². The number of rotatable bonds is 3. The van der Waals surface area contributed by atoms with Crippen molar-refractivity contribution >= 4 is 49.9 Å². The van der Waals surface area contributed by atoms with Crippen LogP contribution in [-0.4, -0.2) is 21.5 Å². The Balaban J connectivity index is 1.54. The molecule has 3 aromatic rings. The lowest BCUT2D eigenvalue weighted by Gasteiger charge is -2.09. The van der Waals surface area contributed by atoms with Crippen LogP contribution in [0.1, 0.15) is 38.1 Å². The summed E-state index contributed by atoms with van der Waals surface area (Å²) in [6, 6.07) is 6.42. The number of anilines is 3. The number of nitrogens with one attached hydrogen (secondary N) is 3. The zero-order valence-electron chi connectivity index (χ0n) is 17.7. The van der Waals surface area contributed by atoms with Crippen molar-refractivity contribution in [2.75, 3.05) is 16.0 Å². The Kier molecular flexibility index (Phi) is 5.77. The smallest absolute Gasteiger partial charge is 0.324 e. The molecule has 3 N–H and O–H groups in total. The number of urea groups is 1. The number of aryl methyl sites for hydroxylation is 2. The summed E-state index contributed by atoms with van der Waals surface area (Å²) in [4.78, 5) is 42.2. The fourth-order valence-corrected chi connectivity index (χ4v) is 4.86. The van der Waals surface area contributed by atoms with Crippen LogP contribution in [0.25, 0.3) is 10.2 Å². The molecule has 1 aromatic carbocycles. The summed E-state index contributed by atoms with van der Waals surface area (Å²) < 4.78 is 1.80. The van der Waals surface area contributed by atoms with Gasteiger partial charge in [-0.25, -0.2) is 9.78 Å². The third-order valence-electron chi connectivity index (χ3n) is 5.53. The summed E-state index contributed by atoms with van der Waals surface area (Å²) >= 11 is 1.32. The molecule has 0 aliphatic carbocycles. The molecule has 0 saturated heterocycles. The monoisotopic (exact) mass is 439 g/mol. The van der Waals surface area contributed by atoms with E-state index in [2.05, 4.69) is 22.9 Å². The Morgan fingerprint density at radius 3 is 2.45 bits per heavy atom. The normalized spacial score (nSPS) is 15.8. The Morgan fingerprint density at radius 1 is 1.10 bits per heavy atom. The number of nitrogens with zero attached hydrogens (tertiary/aromatic N) is 2. The second-order valence-corrected chi connectivity index (χ2v) is 8.99. The largest absolute Gasteiger partial charge is 0.326 e. The topological polar surface area (TPSA) is 105 Å². The highest BCUT2D eigenvalue weighted by Crippen LogP contribution is 2.33. The number of amides is 3. The first-order valence-corrected chi connectivity index (χ1v) is 11.1. The van der Waals surface area contributed by atoms with Crippen LogP contribution in [0.15, 0.2) is 29.1 Å². The number of carbonyl (C=O) groups excluding carboxylic acids is 2. The third kappa shape index (κ3) is 4.46. The molecule has 3 heterocycles. The first-order chi connectivity index (χ1) is 14.8. The van der Waals surface area contributed by atoms with E-state index in [1.54, 1.807) is 28.8 Å². The van der Waals surface area contributed by atoms with Gasteiger partial charge in [-0.05, 0) is 55.5 Å². The van der Waals surface area contributed by atoms with Gasteiger partial charge < -0.3 is 10.6 Å². The standard InChI is InChI=1S/C22H25N5O3S/c1-12-4-9-17-25-20-18(21(29)27(17)11-10-12)13(2)19(31-20)26-22(30)24-16-7-5-15(6-8-16)23-14(3)28/h5-8,12H,4,9-11H2,1-3H3,(H,23,28)(H2,24,26,30)/t12-/m0/s1. The van der Waals surface area contributed by atoms with Crippen molar-refractivity contribution in [1.82, 2.24) is 9.55 Å². The van der Waals surface area contributed by atoms with Gasteiger partial charge in [0.2, 0.25) is 5.91 Å². The van der Waals surface area contributed by atoms with Crippen molar-refractivity contribution in [2.24, 2.45) is 5.92 Å². The van der Waals surface area contributed by atoms with Crippen LogP contribution in [0, 0.1) is 12.8 Å². The first kappa shape index (κ1) is 21.0. The SMILES string of the molecule is CC(=O)Nc1ccc(NC(=O)Nc2sc3nc4n(c(=O)c3c2C)CC[C@@H](C)CC4)cc1. The van der Waals surface area contributed by atoms with Gasteiger partial charge in [0.05, 0.1) is 5.39 Å². The van der Waals surface area contributed by atoms with E-state index in [9.17, 15) is 14.4 Å². The first-order valence-electron chi connectivity index (χ1n) is 10.3. The van der Waals surface area contributed by atoms with Gasteiger partial charge >= 0.3 is 6.03 Å². The maximum absolute atomic E-state index is 13.1. The van der Waals surface area contributed by atoms with E-state index in [1.807, 2.05) is 6.92 Å². The second-order valence-electron chi connectivity index (χ2n) is 7.99. The van der Waals surface area contributed by atoms with E-state index in [4.69, 9.17) is 4.98 Å². The highest BCUT2D eigenvalue weighted by molar-refractivity contribution is 7.22. The number of aromatic nitrogens is 2. The van der Waals surface area contributed by atoms with Gasteiger partial charge in [-0.2, -0.15) is 0 Å². The number of hydrogen-bond acceptors (Lipinski definition) is 5. The molecule has 31 heavy (non-hydrogen) atoms. The highest BCUT2D eigenvalue weighted by atomic mass is 32.1. The maximum atomic E-state index is 13.1. The maximum Gasteiger partial charge on any atom is 0.324 e. The number of fused-ring (bicyclic) bond motifs is 2. The van der Waals surface area contributed by atoms with E-state index in [-0.39, 0.29) is 11.5 Å². The lowest BCUT2D eigenvalue weighted by atomic mass is 10.0. The van der Waals surface area contributed by atoms with Crippen LogP contribution in [-0.2, 0) is 17.8 Å². The average molecular weight is 440 g/mol. The zero-order valence-corrected chi connectivity index (χ0v) is 18.6. The molecule has 1 aliphatic rings.